The smallest absolute Gasteiger partial charge is 0.410 e. The first-order chi connectivity index (χ1) is 14.4. The number of ether oxygens (including phenoxy) is 1. The quantitative estimate of drug-likeness (QED) is 0.683. The van der Waals surface area contributed by atoms with Crippen LogP contribution < -0.4 is 0 Å². The van der Waals surface area contributed by atoms with Gasteiger partial charge in [-0.1, -0.05) is 0 Å². The third-order valence-corrected chi connectivity index (χ3v) is 6.92. The molecule has 0 saturated carbocycles. The van der Waals surface area contributed by atoms with Crippen molar-refractivity contribution in [2.24, 2.45) is 7.05 Å². The van der Waals surface area contributed by atoms with E-state index >= 15 is 0 Å². The maximum absolute atomic E-state index is 12.7. The number of nitrogens with zero attached hydrogens (tertiary/aromatic N) is 6. The molecule has 30 heavy (non-hydrogen) atoms. The lowest BCUT2D eigenvalue weighted by Crippen LogP contribution is -2.49. The van der Waals surface area contributed by atoms with Gasteiger partial charge in [0, 0.05) is 58.3 Å². The number of aryl methyl sites for hydroxylation is 1. The number of hydrogen-bond donors (Lipinski definition) is 0. The molecular weight excluding hydrogens is 384 g/mol. The molecule has 1 atom stereocenters. The Morgan fingerprint density at radius 2 is 2.03 bits per heavy atom. The molecule has 0 aromatic carbocycles. The van der Waals surface area contributed by atoms with Gasteiger partial charge in [-0.15, -0.1) is 0 Å². The van der Waals surface area contributed by atoms with Crippen molar-refractivity contribution in [3.63, 3.8) is 0 Å². The Balaban J connectivity index is 1.23. The van der Waals surface area contributed by atoms with E-state index in [0.29, 0.717) is 44.2 Å². The maximum atomic E-state index is 12.7. The molecule has 0 radical (unpaired) electrons. The highest BCUT2D eigenvalue weighted by atomic mass is 16.6. The van der Waals surface area contributed by atoms with Crippen LogP contribution in [0.3, 0.4) is 0 Å². The Bertz CT molecular complexity index is 771. The lowest BCUT2D eigenvalue weighted by Gasteiger charge is -2.37. The first-order valence-corrected chi connectivity index (χ1v) is 11.0. The van der Waals surface area contributed by atoms with Gasteiger partial charge >= 0.3 is 6.09 Å². The Kier molecular flexibility index (Phi) is 6.02. The van der Waals surface area contributed by atoms with Crippen LogP contribution in [-0.4, -0.2) is 113 Å². The Labute approximate surface area is 178 Å². The van der Waals surface area contributed by atoms with Crippen LogP contribution in [0.2, 0.25) is 0 Å². The van der Waals surface area contributed by atoms with Crippen molar-refractivity contribution in [3.8, 4) is 0 Å². The predicted molar refractivity (Wildman–Crippen MR) is 112 cm³/mol. The van der Waals surface area contributed by atoms with E-state index in [1.54, 1.807) is 24.0 Å². The number of likely N-dealkylation sites (tertiary alicyclic amines) is 2. The predicted octanol–water partition coefficient (Wildman–Crippen LogP) is 0.873. The molecule has 3 fully saturated rings. The van der Waals surface area contributed by atoms with Crippen molar-refractivity contribution in [1.29, 1.82) is 0 Å². The molecule has 9 nitrogen and oxygen atoms in total. The molecular formula is C21H34N6O3. The zero-order valence-electron chi connectivity index (χ0n) is 18.4. The van der Waals surface area contributed by atoms with Crippen LogP contribution in [0, 0.1) is 0 Å². The van der Waals surface area contributed by atoms with Crippen LogP contribution in [-0.2, 0) is 11.8 Å². The second-order valence-electron chi connectivity index (χ2n) is 9.17. The summed E-state index contributed by atoms with van der Waals surface area (Å²) in [5, 5.41) is 4.08. The standard InChI is InChI=1S/C21H34N6O3/c1-23(2)17-6-12-25(15-17)10-4-11-27-16-21(30-20(27)29)7-13-26(14-8-21)19(28)18-5-9-22-24(18)3/h5,9,17H,4,6-8,10-16H2,1-3H3. The largest absolute Gasteiger partial charge is 0.441 e. The Morgan fingerprint density at radius 1 is 1.27 bits per heavy atom. The van der Waals surface area contributed by atoms with Gasteiger partial charge in [-0.25, -0.2) is 4.79 Å². The summed E-state index contributed by atoms with van der Waals surface area (Å²) in [5.41, 5.74) is 0.152. The van der Waals surface area contributed by atoms with E-state index in [9.17, 15) is 9.59 Å². The number of rotatable bonds is 6. The number of piperidine rings is 1. The zero-order chi connectivity index (χ0) is 21.3. The summed E-state index contributed by atoms with van der Waals surface area (Å²) >= 11 is 0. The summed E-state index contributed by atoms with van der Waals surface area (Å²) in [7, 11) is 6.06. The van der Waals surface area contributed by atoms with Crippen LogP contribution in [0.1, 0.15) is 36.2 Å². The molecule has 1 aromatic heterocycles. The number of carbonyl (C=O) groups is 2. The Morgan fingerprint density at radius 3 is 2.67 bits per heavy atom. The fourth-order valence-electron chi connectivity index (χ4n) is 4.91. The summed E-state index contributed by atoms with van der Waals surface area (Å²) in [6.45, 7) is 5.85. The molecule has 0 bridgehead atoms. The van der Waals surface area contributed by atoms with Gasteiger partial charge in [0.15, 0.2) is 0 Å². The first-order valence-electron chi connectivity index (χ1n) is 11.0. The highest BCUT2D eigenvalue weighted by Crippen LogP contribution is 2.33. The van der Waals surface area contributed by atoms with E-state index in [0.717, 1.165) is 32.6 Å². The van der Waals surface area contributed by atoms with Crippen LogP contribution in [0.15, 0.2) is 12.3 Å². The number of carbonyl (C=O) groups excluding carboxylic acids is 2. The fourth-order valence-corrected chi connectivity index (χ4v) is 4.91. The van der Waals surface area contributed by atoms with E-state index in [1.165, 1.54) is 6.42 Å². The Hall–Kier alpha value is -2.13. The van der Waals surface area contributed by atoms with Crippen molar-refractivity contribution in [2.75, 3.05) is 59.9 Å². The highest BCUT2D eigenvalue weighted by Gasteiger charge is 2.47. The summed E-state index contributed by atoms with van der Waals surface area (Å²) in [4.78, 5) is 33.6. The summed E-state index contributed by atoms with van der Waals surface area (Å²) in [5.74, 6) is -0.00679. The molecule has 4 rings (SSSR count). The molecule has 3 aliphatic rings. The van der Waals surface area contributed by atoms with Gasteiger partial charge in [-0.2, -0.15) is 5.10 Å². The molecule has 2 amide bonds. The average molecular weight is 419 g/mol. The number of amides is 2. The van der Waals surface area contributed by atoms with Gasteiger partial charge in [0.05, 0.1) is 6.54 Å². The van der Waals surface area contributed by atoms with E-state index in [4.69, 9.17) is 4.74 Å². The molecule has 0 N–H and O–H groups in total. The van der Waals surface area contributed by atoms with Crippen LogP contribution >= 0.6 is 0 Å². The van der Waals surface area contributed by atoms with Gasteiger partial charge in [0.25, 0.3) is 5.91 Å². The maximum Gasteiger partial charge on any atom is 0.410 e. The molecule has 1 aromatic rings. The van der Waals surface area contributed by atoms with Crippen molar-refractivity contribution in [1.82, 2.24) is 29.4 Å². The van der Waals surface area contributed by atoms with Gasteiger partial charge in [-0.3, -0.25) is 9.48 Å². The molecule has 1 unspecified atom stereocenters. The fraction of sp³-hybridized carbons (Fsp3) is 0.762. The van der Waals surface area contributed by atoms with Crippen molar-refractivity contribution in [3.05, 3.63) is 18.0 Å². The molecule has 1 spiro atoms. The number of likely N-dealkylation sites (N-methyl/N-ethyl adjacent to an activating group) is 1. The lowest BCUT2D eigenvalue weighted by molar-refractivity contribution is 0.00284. The summed E-state index contributed by atoms with van der Waals surface area (Å²) < 4.78 is 7.43. The van der Waals surface area contributed by atoms with Gasteiger partial charge in [0.1, 0.15) is 11.3 Å². The SMILES string of the molecule is CN(C)C1CCN(CCCN2CC3(CCN(C(=O)c4ccnn4C)CC3)OC2=O)C1. The third-order valence-electron chi connectivity index (χ3n) is 6.92. The molecule has 3 saturated heterocycles. The first kappa shape index (κ1) is 21.1. The summed E-state index contributed by atoms with van der Waals surface area (Å²) in [6, 6.07) is 2.38. The summed E-state index contributed by atoms with van der Waals surface area (Å²) in [6.07, 6.45) is 5.00. The van der Waals surface area contributed by atoms with Gasteiger partial charge in [0.2, 0.25) is 0 Å². The van der Waals surface area contributed by atoms with Gasteiger partial charge < -0.3 is 24.3 Å². The topological polar surface area (TPSA) is 74.2 Å². The van der Waals surface area contributed by atoms with Crippen LogP contribution in [0.4, 0.5) is 4.79 Å². The van der Waals surface area contributed by atoms with Crippen molar-refractivity contribution < 1.29 is 14.3 Å². The normalized spacial score (nSPS) is 24.3. The van der Waals surface area contributed by atoms with Crippen LogP contribution in [0.25, 0.3) is 0 Å². The third kappa shape index (κ3) is 4.32. The second-order valence-corrected chi connectivity index (χ2v) is 9.17. The molecule has 9 heteroatoms. The minimum absolute atomic E-state index is 0.00679. The molecule has 4 heterocycles. The minimum Gasteiger partial charge on any atom is -0.441 e. The lowest BCUT2D eigenvalue weighted by atomic mass is 9.91. The highest BCUT2D eigenvalue weighted by molar-refractivity contribution is 5.92. The second kappa shape index (κ2) is 8.55. The van der Waals surface area contributed by atoms with E-state index in [-0.39, 0.29) is 12.0 Å². The average Bonchev–Trinajstić information content (AvgIpc) is 3.42. The zero-order valence-corrected chi connectivity index (χ0v) is 18.4. The van der Waals surface area contributed by atoms with Gasteiger partial charge in [-0.05, 0) is 46.1 Å². The molecule has 166 valence electrons. The number of aromatic nitrogens is 2. The van der Waals surface area contributed by atoms with Crippen LogP contribution in [0.5, 0.6) is 0 Å². The van der Waals surface area contributed by atoms with Crippen molar-refractivity contribution >= 4 is 12.0 Å². The minimum atomic E-state index is -0.440. The van der Waals surface area contributed by atoms with E-state index in [2.05, 4.69) is 29.0 Å². The molecule has 3 aliphatic heterocycles. The monoisotopic (exact) mass is 418 g/mol. The van der Waals surface area contributed by atoms with Crippen molar-refractivity contribution in [2.45, 2.75) is 37.3 Å². The number of hydrogen-bond acceptors (Lipinski definition) is 6. The van der Waals surface area contributed by atoms with E-state index < -0.39 is 5.60 Å². The van der Waals surface area contributed by atoms with E-state index in [1.807, 2.05) is 9.80 Å². The molecule has 0 aliphatic carbocycles.